The summed E-state index contributed by atoms with van der Waals surface area (Å²) in [5.41, 5.74) is 0.0197. The molecule has 3 nitrogen and oxygen atoms in total. The first kappa shape index (κ1) is 15.1. The van der Waals surface area contributed by atoms with Crippen molar-refractivity contribution in [2.45, 2.75) is 31.7 Å². The molecule has 1 unspecified atom stereocenters. The van der Waals surface area contributed by atoms with E-state index in [-0.39, 0.29) is 18.1 Å². The van der Waals surface area contributed by atoms with Crippen molar-refractivity contribution in [3.8, 4) is 0 Å². The van der Waals surface area contributed by atoms with E-state index in [9.17, 15) is 5.11 Å². The molecule has 1 aliphatic rings. The van der Waals surface area contributed by atoms with E-state index in [1.807, 2.05) is 24.3 Å². The zero-order valence-electron chi connectivity index (χ0n) is 11.8. The van der Waals surface area contributed by atoms with Gasteiger partial charge in [-0.05, 0) is 37.1 Å². The fourth-order valence-corrected chi connectivity index (χ4v) is 4.26. The van der Waals surface area contributed by atoms with Gasteiger partial charge in [-0.1, -0.05) is 24.4 Å². The monoisotopic (exact) mass is 325 g/mol. The van der Waals surface area contributed by atoms with Crippen molar-refractivity contribution in [3.63, 3.8) is 0 Å². The molecule has 0 spiro atoms. The van der Waals surface area contributed by atoms with Crippen LogP contribution in [0.1, 0.15) is 42.4 Å². The van der Waals surface area contributed by atoms with Crippen LogP contribution in [0.4, 0.5) is 0 Å². The predicted octanol–water partition coefficient (Wildman–Crippen LogP) is 4.23. The predicted molar refractivity (Wildman–Crippen MR) is 85.9 cm³/mol. The second-order valence-electron chi connectivity index (χ2n) is 5.84. The third-order valence-electron chi connectivity index (χ3n) is 4.39. The minimum atomic E-state index is 0.00141. The number of hydrogen-bond donors (Lipinski definition) is 2. The Morgan fingerprint density at radius 3 is 2.71 bits per heavy atom. The highest BCUT2D eigenvalue weighted by atomic mass is 35.5. The van der Waals surface area contributed by atoms with Gasteiger partial charge in [0.1, 0.15) is 11.8 Å². The highest BCUT2D eigenvalue weighted by Crippen LogP contribution is 2.38. The molecule has 114 valence electrons. The lowest BCUT2D eigenvalue weighted by Crippen LogP contribution is -2.37. The third-order valence-corrected chi connectivity index (χ3v) is 5.68. The van der Waals surface area contributed by atoms with Crippen LogP contribution in [0.2, 0.25) is 4.34 Å². The fourth-order valence-electron chi connectivity index (χ4n) is 3.11. The maximum absolute atomic E-state index is 9.75. The molecule has 3 rings (SSSR count). The Bertz CT molecular complexity index is 561. The van der Waals surface area contributed by atoms with Gasteiger partial charge in [-0.15, -0.1) is 11.3 Å². The van der Waals surface area contributed by atoms with E-state index in [4.69, 9.17) is 16.0 Å². The van der Waals surface area contributed by atoms with Crippen LogP contribution in [-0.4, -0.2) is 18.3 Å². The molecule has 0 radical (unpaired) electrons. The minimum absolute atomic E-state index is 0.00141. The van der Waals surface area contributed by atoms with Crippen LogP contribution in [0.3, 0.4) is 0 Å². The first-order valence-electron chi connectivity index (χ1n) is 7.35. The molecule has 0 bridgehead atoms. The van der Waals surface area contributed by atoms with E-state index in [0.717, 1.165) is 34.4 Å². The maximum atomic E-state index is 9.75. The Hall–Kier alpha value is -0.810. The van der Waals surface area contributed by atoms with Crippen LogP contribution < -0.4 is 5.32 Å². The van der Waals surface area contributed by atoms with E-state index >= 15 is 0 Å². The van der Waals surface area contributed by atoms with Gasteiger partial charge < -0.3 is 14.8 Å². The molecule has 1 fully saturated rings. The van der Waals surface area contributed by atoms with Crippen molar-refractivity contribution in [3.05, 3.63) is 45.5 Å². The summed E-state index contributed by atoms with van der Waals surface area (Å²) < 4.78 is 6.36. The third kappa shape index (κ3) is 3.34. The van der Waals surface area contributed by atoms with E-state index in [1.165, 1.54) is 12.8 Å². The smallest absolute Gasteiger partial charge is 0.126 e. The molecule has 0 saturated heterocycles. The van der Waals surface area contributed by atoms with Crippen LogP contribution >= 0.6 is 22.9 Å². The lowest BCUT2D eigenvalue weighted by molar-refractivity contribution is 0.125. The average Bonchev–Trinajstić information content (AvgIpc) is 3.22. The molecule has 2 aromatic rings. The molecule has 0 aromatic carbocycles. The van der Waals surface area contributed by atoms with E-state index in [1.54, 1.807) is 17.6 Å². The van der Waals surface area contributed by atoms with E-state index < -0.39 is 0 Å². The molecule has 2 N–H and O–H groups in total. The van der Waals surface area contributed by atoms with Gasteiger partial charge in [-0.25, -0.2) is 0 Å². The molecule has 5 heteroatoms. The molecule has 1 saturated carbocycles. The number of nitrogens with one attached hydrogen (secondary N) is 1. The fraction of sp³-hybridized carbons (Fsp3) is 0.500. The Balaban J connectivity index is 1.77. The van der Waals surface area contributed by atoms with Gasteiger partial charge in [0, 0.05) is 23.4 Å². The van der Waals surface area contributed by atoms with Gasteiger partial charge in [0.15, 0.2) is 0 Å². The summed E-state index contributed by atoms with van der Waals surface area (Å²) >= 11 is 7.63. The average molecular weight is 326 g/mol. The molecule has 1 atom stereocenters. The van der Waals surface area contributed by atoms with Crippen molar-refractivity contribution >= 4 is 22.9 Å². The second kappa shape index (κ2) is 6.53. The topological polar surface area (TPSA) is 45.4 Å². The van der Waals surface area contributed by atoms with Crippen molar-refractivity contribution in [1.82, 2.24) is 5.32 Å². The number of aliphatic hydroxyl groups is 1. The molecule has 21 heavy (non-hydrogen) atoms. The summed E-state index contributed by atoms with van der Waals surface area (Å²) in [6.45, 7) is 1.04. The summed E-state index contributed by atoms with van der Waals surface area (Å²) in [7, 11) is 0. The standard InChI is InChI=1S/C16H20ClNO2S/c17-14-6-5-13(21-14)15(12-4-3-9-20-12)18-10-16(11-19)7-1-2-8-16/h3-6,9,15,18-19H,1-2,7-8,10-11H2. The van der Waals surface area contributed by atoms with Gasteiger partial charge in [0.05, 0.1) is 10.6 Å². The summed E-state index contributed by atoms with van der Waals surface area (Å²) in [6.07, 6.45) is 6.28. The highest BCUT2D eigenvalue weighted by Gasteiger charge is 2.34. The molecule has 1 aliphatic carbocycles. The normalized spacial score (nSPS) is 19.0. The van der Waals surface area contributed by atoms with E-state index in [0.29, 0.717) is 0 Å². The number of halogens is 1. The van der Waals surface area contributed by atoms with Crippen LogP contribution in [0.5, 0.6) is 0 Å². The highest BCUT2D eigenvalue weighted by molar-refractivity contribution is 7.16. The Morgan fingerprint density at radius 1 is 1.33 bits per heavy atom. The second-order valence-corrected chi connectivity index (χ2v) is 7.58. The van der Waals surface area contributed by atoms with Gasteiger partial charge in [-0.2, -0.15) is 0 Å². The first-order valence-corrected chi connectivity index (χ1v) is 8.55. The summed E-state index contributed by atoms with van der Waals surface area (Å²) in [5.74, 6) is 0.889. The van der Waals surface area contributed by atoms with Gasteiger partial charge in [-0.3, -0.25) is 0 Å². The summed E-state index contributed by atoms with van der Waals surface area (Å²) in [5, 5.41) is 13.3. The maximum Gasteiger partial charge on any atom is 0.126 e. The van der Waals surface area contributed by atoms with Crippen molar-refractivity contribution < 1.29 is 9.52 Å². The Labute approximate surface area is 133 Å². The quantitative estimate of drug-likeness (QED) is 0.835. The number of rotatable bonds is 6. The Kier molecular flexibility index (Phi) is 4.69. The van der Waals surface area contributed by atoms with E-state index in [2.05, 4.69) is 5.32 Å². The summed E-state index contributed by atoms with van der Waals surface area (Å²) in [4.78, 5) is 1.14. The first-order chi connectivity index (χ1) is 10.2. The molecule has 0 amide bonds. The molecular formula is C16H20ClNO2S. The zero-order valence-corrected chi connectivity index (χ0v) is 13.4. The van der Waals surface area contributed by atoms with Crippen LogP contribution in [0.25, 0.3) is 0 Å². The molecule has 2 heterocycles. The SMILES string of the molecule is OCC1(CNC(c2ccco2)c2ccc(Cl)s2)CCCC1. The lowest BCUT2D eigenvalue weighted by Gasteiger charge is -2.29. The number of thiophene rings is 1. The molecular weight excluding hydrogens is 306 g/mol. The van der Waals surface area contributed by atoms with Crippen LogP contribution in [-0.2, 0) is 0 Å². The van der Waals surface area contributed by atoms with Gasteiger partial charge >= 0.3 is 0 Å². The largest absolute Gasteiger partial charge is 0.467 e. The van der Waals surface area contributed by atoms with Crippen LogP contribution in [0.15, 0.2) is 34.9 Å². The van der Waals surface area contributed by atoms with Gasteiger partial charge in [0.25, 0.3) is 0 Å². The lowest BCUT2D eigenvalue weighted by atomic mass is 9.87. The van der Waals surface area contributed by atoms with Crippen molar-refractivity contribution in [2.24, 2.45) is 5.41 Å². The zero-order chi connectivity index (χ0) is 14.7. The summed E-state index contributed by atoms with van der Waals surface area (Å²) in [6, 6.07) is 7.83. The minimum Gasteiger partial charge on any atom is -0.467 e. The van der Waals surface area contributed by atoms with Crippen LogP contribution in [0, 0.1) is 5.41 Å². The van der Waals surface area contributed by atoms with Crippen molar-refractivity contribution in [1.29, 1.82) is 0 Å². The number of hydrogen-bond acceptors (Lipinski definition) is 4. The van der Waals surface area contributed by atoms with Gasteiger partial charge in [0.2, 0.25) is 0 Å². The van der Waals surface area contributed by atoms with Crippen molar-refractivity contribution in [2.75, 3.05) is 13.2 Å². The molecule has 2 aromatic heterocycles. The Morgan fingerprint density at radius 2 is 2.14 bits per heavy atom. The number of aliphatic hydroxyl groups excluding tert-OH is 1. The number of furan rings is 1. The molecule has 0 aliphatic heterocycles.